The van der Waals surface area contributed by atoms with Crippen LogP contribution in [-0.2, 0) is 6.54 Å². The van der Waals surface area contributed by atoms with Crippen LogP contribution in [0.25, 0.3) is 0 Å². The first-order valence-corrected chi connectivity index (χ1v) is 6.78. The molecule has 1 atom stereocenters. The number of hydrogen-bond donors (Lipinski definition) is 2. The fourth-order valence-corrected chi connectivity index (χ4v) is 2.25. The number of aryl methyl sites for hydroxylation is 1. The molecule has 1 unspecified atom stereocenters. The number of carbonyl (C=O) groups excluding carboxylic acids is 1. The summed E-state index contributed by atoms with van der Waals surface area (Å²) in [6.45, 7) is 5.35. The van der Waals surface area contributed by atoms with Crippen LogP contribution in [0.1, 0.15) is 37.2 Å². The molecule has 1 heterocycles. The van der Waals surface area contributed by atoms with Gasteiger partial charge in [0.15, 0.2) is 0 Å². The molecule has 0 saturated carbocycles. The van der Waals surface area contributed by atoms with Crippen molar-refractivity contribution in [2.24, 2.45) is 5.73 Å². The largest absolute Gasteiger partial charge is 0.347 e. The number of rotatable bonds is 6. The average molecular weight is 302 g/mol. The van der Waals surface area contributed by atoms with Crippen LogP contribution in [0.3, 0.4) is 0 Å². The van der Waals surface area contributed by atoms with Crippen LogP contribution in [0.2, 0.25) is 0 Å². The molecule has 17 heavy (non-hydrogen) atoms. The van der Waals surface area contributed by atoms with Gasteiger partial charge in [-0.05, 0) is 35.3 Å². The second kappa shape index (κ2) is 6.81. The Hall–Kier alpha value is -0.810. The summed E-state index contributed by atoms with van der Waals surface area (Å²) in [5, 5.41) is 2.97. The first kappa shape index (κ1) is 14.3. The first-order chi connectivity index (χ1) is 8.12. The third kappa shape index (κ3) is 3.85. The van der Waals surface area contributed by atoms with E-state index in [-0.39, 0.29) is 11.9 Å². The van der Waals surface area contributed by atoms with Gasteiger partial charge in [-0.25, -0.2) is 0 Å². The molecule has 0 radical (unpaired) electrons. The number of nitrogens with zero attached hydrogens (tertiary/aromatic N) is 1. The number of nitrogens with one attached hydrogen (secondary N) is 1. The zero-order valence-electron chi connectivity index (χ0n) is 10.4. The quantitative estimate of drug-likeness (QED) is 0.845. The highest BCUT2D eigenvalue weighted by Gasteiger charge is 2.15. The molecule has 5 heteroatoms. The Morgan fingerprint density at radius 3 is 2.82 bits per heavy atom. The van der Waals surface area contributed by atoms with E-state index in [0.29, 0.717) is 12.2 Å². The van der Waals surface area contributed by atoms with Crippen LogP contribution in [0, 0.1) is 0 Å². The summed E-state index contributed by atoms with van der Waals surface area (Å²) in [4.78, 5) is 12.1. The van der Waals surface area contributed by atoms with Crippen molar-refractivity contribution >= 4 is 21.8 Å². The fourth-order valence-electron chi connectivity index (χ4n) is 1.78. The monoisotopic (exact) mass is 301 g/mol. The minimum Gasteiger partial charge on any atom is -0.347 e. The van der Waals surface area contributed by atoms with Crippen LogP contribution >= 0.6 is 15.9 Å². The highest BCUT2D eigenvalue weighted by atomic mass is 79.9. The Kier molecular flexibility index (Phi) is 5.71. The van der Waals surface area contributed by atoms with Crippen molar-refractivity contribution in [1.29, 1.82) is 0 Å². The topological polar surface area (TPSA) is 60.0 Å². The van der Waals surface area contributed by atoms with Crippen LogP contribution in [0.5, 0.6) is 0 Å². The molecule has 0 aliphatic heterocycles. The van der Waals surface area contributed by atoms with Gasteiger partial charge >= 0.3 is 0 Å². The second-order valence-corrected chi connectivity index (χ2v) is 4.94. The van der Waals surface area contributed by atoms with Crippen LogP contribution in [-0.4, -0.2) is 23.1 Å². The molecule has 0 bridgehead atoms. The zero-order valence-corrected chi connectivity index (χ0v) is 12.0. The molecule has 1 amide bonds. The van der Waals surface area contributed by atoms with Crippen molar-refractivity contribution in [3.63, 3.8) is 0 Å². The second-order valence-electron chi connectivity index (χ2n) is 4.02. The summed E-state index contributed by atoms with van der Waals surface area (Å²) in [5.74, 6) is -0.0542. The first-order valence-electron chi connectivity index (χ1n) is 5.98. The summed E-state index contributed by atoms with van der Waals surface area (Å²) in [7, 11) is 0. The van der Waals surface area contributed by atoms with Gasteiger partial charge in [0, 0.05) is 29.8 Å². The number of aromatic nitrogens is 1. The SMILES string of the molecule is CCCC(CN)NC(=O)c1cc(Br)cn1CC. The molecule has 0 saturated heterocycles. The number of amides is 1. The number of carbonyl (C=O) groups is 1. The van der Waals surface area contributed by atoms with Crippen LogP contribution in [0.4, 0.5) is 0 Å². The highest BCUT2D eigenvalue weighted by Crippen LogP contribution is 2.15. The third-order valence-corrected chi connectivity index (χ3v) is 3.13. The van der Waals surface area contributed by atoms with E-state index in [2.05, 4.69) is 28.2 Å². The molecule has 0 spiro atoms. The Morgan fingerprint density at radius 2 is 2.29 bits per heavy atom. The van der Waals surface area contributed by atoms with Gasteiger partial charge in [-0.2, -0.15) is 0 Å². The molecule has 0 fully saturated rings. The number of halogens is 1. The summed E-state index contributed by atoms with van der Waals surface area (Å²) >= 11 is 3.38. The van der Waals surface area contributed by atoms with Crippen molar-refractivity contribution in [3.05, 3.63) is 22.4 Å². The number of nitrogens with two attached hydrogens (primary N) is 1. The lowest BCUT2D eigenvalue weighted by Gasteiger charge is -2.16. The minimum atomic E-state index is -0.0542. The third-order valence-electron chi connectivity index (χ3n) is 2.69. The lowest BCUT2D eigenvalue weighted by molar-refractivity contribution is 0.0927. The minimum absolute atomic E-state index is 0.0542. The summed E-state index contributed by atoms with van der Waals surface area (Å²) < 4.78 is 2.84. The highest BCUT2D eigenvalue weighted by molar-refractivity contribution is 9.10. The summed E-state index contributed by atoms with van der Waals surface area (Å²) in [6, 6.07) is 1.89. The lowest BCUT2D eigenvalue weighted by Crippen LogP contribution is -2.40. The van der Waals surface area contributed by atoms with Gasteiger partial charge in [0.1, 0.15) is 5.69 Å². The Bertz CT molecular complexity index is 376. The van der Waals surface area contributed by atoms with Gasteiger partial charge in [0.2, 0.25) is 0 Å². The van der Waals surface area contributed by atoms with Crippen LogP contribution in [0.15, 0.2) is 16.7 Å². The molecule has 1 aromatic rings. The van der Waals surface area contributed by atoms with E-state index in [0.717, 1.165) is 23.9 Å². The maximum atomic E-state index is 12.1. The Balaban J connectivity index is 2.74. The maximum Gasteiger partial charge on any atom is 0.268 e. The molecule has 0 aromatic carbocycles. The van der Waals surface area contributed by atoms with E-state index >= 15 is 0 Å². The summed E-state index contributed by atoms with van der Waals surface area (Å²) in [6.07, 6.45) is 3.84. The smallest absolute Gasteiger partial charge is 0.268 e. The van der Waals surface area contributed by atoms with Crippen molar-refractivity contribution in [2.45, 2.75) is 39.3 Å². The molecule has 96 valence electrons. The van der Waals surface area contributed by atoms with Gasteiger partial charge in [0.05, 0.1) is 0 Å². The lowest BCUT2D eigenvalue weighted by atomic mass is 10.1. The molecule has 4 nitrogen and oxygen atoms in total. The van der Waals surface area contributed by atoms with Gasteiger partial charge < -0.3 is 15.6 Å². The van der Waals surface area contributed by atoms with Gasteiger partial charge in [-0.3, -0.25) is 4.79 Å². The van der Waals surface area contributed by atoms with Gasteiger partial charge in [0.25, 0.3) is 5.91 Å². The van der Waals surface area contributed by atoms with Crippen LogP contribution < -0.4 is 11.1 Å². The summed E-state index contributed by atoms with van der Waals surface area (Å²) in [5.41, 5.74) is 6.31. The Labute approximate surface area is 111 Å². The van der Waals surface area contributed by atoms with E-state index in [1.165, 1.54) is 0 Å². The van der Waals surface area contributed by atoms with E-state index < -0.39 is 0 Å². The standard InChI is InChI=1S/C12H20BrN3O/c1-3-5-10(7-14)15-12(17)11-6-9(13)8-16(11)4-2/h6,8,10H,3-5,7,14H2,1-2H3,(H,15,17). The molecule has 3 N–H and O–H groups in total. The normalized spacial score (nSPS) is 12.5. The predicted octanol–water partition coefficient (Wildman–Crippen LogP) is 2.13. The van der Waals surface area contributed by atoms with Crippen molar-refractivity contribution in [3.8, 4) is 0 Å². The van der Waals surface area contributed by atoms with Crippen molar-refractivity contribution in [2.75, 3.05) is 6.54 Å². The van der Waals surface area contributed by atoms with Gasteiger partial charge in [-0.15, -0.1) is 0 Å². The number of hydrogen-bond acceptors (Lipinski definition) is 2. The van der Waals surface area contributed by atoms with E-state index in [9.17, 15) is 4.79 Å². The van der Waals surface area contributed by atoms with E-state index in [4.69, 9.17) is 5.73 Å². The fraction of sp³-hybridized carbons (Fsp3) is 0.583. The van der Waals surface area contributed by atoms with Gasteiger partial charge in [-0.1, -0.05) is 13.3 Å². The zero-order chi connectivity index (χ0) is 12.8. The molecular weight excluding hydrogens is 282 g/mol. The van der Waals surface area contributed by atoms with E-state index in [1.54, 1.807) is 0 Å². The van der Waals surface area contributed by atoms with Crippen molar-refractivity contribution in [1.82, 2.24) is 9.88 Å². The molecule has 1 rings (SSSR count). The maximum absolute atomic E-state index is 12.1. The average Bonchev–Trinajstić information content (AvgIpc) is 2.69. The molecule has 1 aromatic heterocycles. The van der Waals surface area contributed by atoms with E-state index in [1.807, 2.05) is 23.8 Å². The predicted molar refractivity (Wildman–Crippen MR) is 73.0 cm³/mol. The molecule has 0 aliphatic rings. The molecular formula is C12H20BrN3O. The Morgan fingerprint density at radius 1 is 1.59 bits per heavy atom. The van der Waals surface area contributed by atoms with Crippen molar-refractivity contribution < 1.29 is 4.79 Å². The molecule has 0 aliphatic carbocycles.